The molecule has 1 aliphatic heterocycles. The third-order valence-electron chi connectivity index (χ3n) is 4.40. The summed E-state index contributed by atoms with van der Waals surface area (Å²) >= 11 is 4.78. The summed E-state index contributed by atoms with van der Waals surface area (Å²) < 4.78 is 16.4. The second-order valence-electron chi connectivity index (χ2n) is 6.37. The smallest absolute Gasteiger partial charge is 0.338 e. The minimum atomic E-state index is -0.380. The van der Waals surface area contributed by atoms with Gasteiger partial charge in [0.25, 0.3) is 5.91 Å². The number of carbonyl (C=O) groups is 2. The summed E-state index contributed by atoms with van der Waals surface area (Å²) in [5.74, 6) is 0.619. The minimum Gasteiger partial charge on any atom is -0.493 e. The zero-order valence-electron chi connectivity index (χ0n) is 17.5. The average Bonchev–Trinajstić information content (AvgIpc) is 3.03. The van der Waals surface area contributed by atoms with Crippen molar-refractivity contribution >= 4 is 56.5 Å². The topological polar surface area (TPSA) is 77.4 Å². The molecule has 1 fully saturated rings. The van der Waals surface area contributed by atoms with Crippen LogP contribution >= 0.6 is 27.7 Å². The van der Waals surface area contributed by atoms with Gasteiger partial charge >= 0.3 is 5.97 Å². The molecular formula is C22H21BrN2O5S. The van der Waals surface area contributed by atoms with E-state index < -0.39 is 0 Å². The Labute approximate surface area is 193 Å². The molecule has 1 amide bonds. The Morgan fingerprint density at radius 1 is 1.16 bits per heavy atom. The number of carbonyl (C=O) groups excluding carboxylic acids is 2. The minimum absolute atomic E-state index is 0.159. The first-order valence-corrected chi connectivity index (χ1v) is 10.9. The number of amides is 1. The number of thioether (sulfide) groups is 1. The van der Waals surface area contributed by atoms with Gasteiger partial charge in [0.05, 0.1) is 37.0 Å². The quantitative estimate of drug-likeness (QED) is 0.412. The number of esters is 1. The standard InChI is InChI=1S/C22H21BrN2O5S/c1-5-30-21(27)13-6-8-15(9-7-13)24-22-25(2)20(26)19(31-22)11-14-10-17(28-3)18(29-4)12-16(14)23/h6-12H,5H2,1-4H3. The number of aliphatic imine (C=N–C) groups is 1. The Balaban J connectivity index is 1.86. The predicted octanol–water partition coefficient (Wildman–Crippen LogP) is 4.88. The molecule has 0 unspecified atom stereocenters. The van der Waals surface area contributed by atoms with Gasteiger partial charge in [0.1, 0.15) is 0 Å². The molecule has 1 saturated heterocycles. The fourth-order valence-corrected chi connectivity index (χ4v) is 4.18. The number of hydrogen-bond acceptors (Lipinski definition) is 7. The lowest BCUT2D eigenvalue weighted by Crippen LogP contribution is -2.23. The fourth-order valence-electron chi connectivity index (χ4n) is 2.77. The van der Waals surface area contributed by atoms with Crippen molar-refractivity contribution in [2.75, 3.05) is 27.9 Å². The zero-order valence-corrected chi connectivity index (χ0v) is 19.9. The summed E-state index contributed by atoms with van der Waals surface area (Å²) in [4.78, 5) is 31.1. The third kappa shape index (κ3) is 5.11. The van der Waals surface area contributed by atoms with Gasteiger partial charge in [-0.15, -0.1) is 0 Å². The lowest BCUT2D eigenvalue weighted by molar-refractivity contribution is -0.121. The molecule has 2 aromatic carbocycles. The number of rotatable bonds is 6. The average molecular weight is 505 g/mol. The van der Waals surface area contributed by atoms with E-state index >= 15 is 0 Å². The molecule has 31 heavy (non-hydrogen) atoms. The van der Waals surface area contributed by atoms with Crippen molar-refractivity contribution in [1.29, 1.82) is 0 Å². The highest BCUT2D eigenvalue weighted by molar-refractivity contribution is 9.10. The van der Waals surface area contributed by atoms with E-state index in [-0.39, 0.29) is 11.9 Å². The van der Waals surface area contributed by atoms with Crippen LogP contribution in [0.5, 0.6) is 11.5 Å². The summed E-state index contributed by atoms with van der Waals surface area (Å²) in [7, 11) is 4.80. The van der Waals surface area contributed by atoms with Gasteiger partial charge in [-0.3, -0.25) is 9.69 Å². The zero-order chi connectivity index (χ0) is 22.5. The lowest BCUT2D eigenvalue weighted by Gasteiger charge is -2.10. The summed E-state index contributed by atoms with van der Waals surface area (Å²) in [6, 6.07) is 10.3. The van der Waals surface area contributed by atoms with Crippen LogP contribution < -0.4 is 9.47 Å². The molecule has 0 radical (unpaired) electrons. The molecule has 7 nitrogen and oxygen atoms in total. The molecule has 0 saturated carbocycles. The molecule has 1 heterocycles. The number of ether oxygens (including phenoxy) is 3. The van der Waals surface area contributed by atoms with Gasteiger partial charge in [-0.25, -0.2) is 9.79 Å². The van der Waals surface area contributed by atoms with E-state index in [4.69, 9.17) is 14.2 Å². The van der Waals surface area contributed by atoms with Gasteiger partial charge < -0.3 is 14.2 Å². The van der Waals surface area contributed by atoms with Gasteiger partial charge in [0.15, 0.2) is 16.7 Å². The molecule has 0 atom stereocenters. The second kappa shape index (κ2) is 10.0. The number of methoxy groups -OCH3 is 2. The number of benzene rings is 2. The number of nitrogens with zero attached hydrogens (tertiary/aromatic N) is 2. The molecule has 0 N–H and O–H groups in total. The first kappa shape index (κ1) is 22.9. The number of hydrogen-bond donors (Lipinski definition) is 0. The van der Waals surface area contributed by atoms with Gasteiger partial charge in [-0.2, -0.15) is 0 Å². The third-order valence-corrected chi connectivity index (χ3v) is 6.14. The van der Waals surface area contributed by atoms with Gasteiger partial charge in [-0.1, -0.05) is 15.9 Å². The largest absolute Gasteiger partial charge is 0.493 e. The molecule has 0 spiro atoms. The van der Waals surface area contributed by atoms with E-state index in [1.165, 1.54) is 16.7 Å². The summed E-state index contributed by atoms with van der Waals surface area (Å²) in [5, 5.41) is 0.539. The van der Waals surface area contributed by atoms with Crippen molar-refractivity contribution in [2.24, 2.45) is 4.99 Å². The normalized spacial score (nSPS) is 16.2. The van der Waals surface area contributed by atoms with Crippen LogP contribution in [0.4, 0.5) is 5.69 Å². The molecule has 162 valence electrons. The molecule has 9 heteroatoms. The Kier molecular flexibility index (Phi) is 7.40. The first-order valence-electron chi connectivity index (χ1n) is 9.33. The van der Waals surface area contributed by atoms with Crippen LogP contribution in [0.25, 0.3) is 6.08 Å². The maximum absolute atomic E-state index is 12.7. The molecule has 0 aliphatic carbocycles. The van der Waals surface area contributed by atoms with E-state index in [1.807, 2.05) is 0 Å². The Hall–Kier alpha value is -2.78. The van der Waals surface area contributed by atoms with Gasteiger partial charge in [0, 0.05) is 11.5 Å². The van der Waals surface area contributed by atoms with Crippen LogP contribution in [0.2, 0.25) is 0 Å². The van der Waals surface area contributed by atoms with Crippen LogP contribution in [0.15, 0.2) is 50.8 Å². The van der Waals surface area contributed by atoms with Crippen LogP contribution in [0, 0.1) is 0 Å². The summed E-state index contributed by atoms with van der Waals surface area (Å²) in [6.45, 7) is 2.08. The monoisotopic (exact) mass is 504 g/mol. The number of halogens is 1. The van der Waals surface area contributed by atoms with Crippen LogP contribution in [0.3, 0.4) is 0 Å². The molecule has 0 aromatic heterocycles. The van der Waals surface area contributed by atoms with E-state index in [0.29, 0.717) is 39.4 Å². The van der Waals surface area contributed by atoms with Gasteiger partial charge in [-0.05, 0) is 66.7 Å². The Morgan fingerprint density at radius 2 is 1.81 bits per heavy atom. The molecular weight excluding hydrogens is 484 g/mol. The summed E-state index contributed by atoms with van der Waals surface area (Å²) in [6.07, 6.45) is 1.78. The van der Waals surface area contributed by atoms with E-state index in [9.17, 15) is 9.59 Å². The SMILES string of the molecule is CCOC(=O)c1ccc(N=C2SC(=Cc3cc(OC)c(OC)cc3Br)C(=O)N2C)cc1. The van der Waals surface area contributed by atoms with Crippen molar-refractivity contribution < 1.29 is 23.8 Å². The molecule has 1 aliphatic rings. The molecule has 2 aromatic rings. The van der Waals surface area contributed by atoms with Crippen molar-refractivity contribution in [2.45, 2.75) is 6.92 Å². The van der Waals surface area contributed by atoms with E-state index in [2.05, 4.69) is 20.9 Å². The number of amidine groups is 1. The van der Waals surface area contributed by atoms with Crippen LogP contribution in [-0.2, 0) is 9.53 Å². The van der Waals surface area contributed by atoms with Gasteiger partial charge in [0.2, 0.25) is 0 Å². The molecule has 3 rings (SSSR count). The second-order valence-corrected chi connectivity index (χ2v) is 8.23. The summed E-state index contributed by atoms with van der Waals surface area (Å²) in [5.41, 5.74) is 1.86. The highest BCUT2D eigenvalue weighted by atomic mass is 79.9. The number of likely N-dealkylation sites (N-methyl/N-ethyl adjacent to an activating group) is 1. The van der Waals surface area contributed by atoms with Crippen molar-refractivity contribution in [1.82, 2.24) is 4.90 Å². The van der Waals surface area contributed by atoms with Crippen LogP contribution in [-0.4, -0.2) is 49.8 Å². The Bertz CT molecular complexity index is 1070. The highest BCUT2D eigenvalue weighted by Crippen LogP contribution is 2.38. The van der Waals surface area contributed by atoms with Crippen molar-refractivity contribution in [3.05, 3.63) is 56.9 Å². The van der Waals surface area contributed by atoms with Crippen molar-refractivity contribution in [3.8, 4) is 11.5 Å². The predicted molar refractivity (Wildman–Crippen MR) is 125 cm³/mol. The van der Waals surface area contributed by atoms with E-state index in [1.54, 1.807) is 70.7 Å². The first-order chi connectivity index (χ1) is 14.9. The fraction of sp³-hybridized carbons (Fsp3) is 0.227. The lowest BCUT2D eigenvalue weighted by atomic mass is 10.2. The maximum atomic E-state index is 12.7. The Morgan fingerprint density at radius 3 is 2.42 bits per heavy atom. The maximum Gasteiger partial charge on any atom is 0.338 e. The van der Waals surface area contributed by atoms with Crippen molar-refractivity contribution in [3.63, 3.8) is 0 Å². The van der Waals surface area contributed by atoms with E-state index in [0.717, 1.165) is 10.0 Å². The highest BCUT2D eigenvalue weighted by Gasteiger charge is 2.30. The van der Waals surface area contributed by atoms with Crippen LogP contribution in [0.1, 0.15) is 22.8 Å². The molecule has 0 bridgehead atoms.